The van der Waals surface area contributed by atoms with Crippen LogP contribution in [-0.2, 0) is 6.42 Å². The molecule has 3 heteroatoms. The molecule has 0 bridgehead atoms. The molecule has 1 aromatic heterocycles. The second-order valence-corrected chi connectivity index (χ2v) is 5.71. The van der Waals surface area contributed by atoms with Crippen LogP contribution in [0.25, 0.3) is 11.4 Å². The minimum absolute atomic E-state index is 0.207. The maximum Gasteiger partial charge on any atom is 0.163 e. The second-order valence-electron chi connectivity index (χ2n) is 5.71. The van der Waals surface area contributed by atoms with E-state index in [1.807, 2.05) is 54.6 Å². The first kappa shape index (κ1) is 16.8. The van der Waals surface area contributed by atoms with Crippen molar-refractivity contribution in [1.29, 1.82) is 0 Å². The number of aromatic nitrogens is 3. The molecular formula is C22H21N3. The van der Waals surface area contributed by atoms with Gasteiger partial charge in [-0.3, -0.25) is 0 Å². The zero-order valence-corrected chi connectivity index (χ0v) is 14.1. The molecule has 25 heavy (non-hydrogen) atoms. The van der Waals surface area contributed by atoms with Crippen molar-refractivity contribution in [2.75, 3.05) is 0 Å². The van der Waals surface area contributed by atoms with Gasteiger partial charge in [-0.15, -0.1) is 0 Å². The predicted molar refractivity (Wildman–Crippen MR) is 103 cm³/mol. The summed E-state index contributed by atoms with van der Waals surface area (Å²) in [6.07, 6.45) is 19.6. The van der Waals surface area contributed by atoms with Crippen LogP contribution in [0.15, 0.2) is 91.6 Å². The third-order valence-electron chi connectivity index (χ3n) is 3.84. The molecule has 0 saturated carbocycles. The van der Waals surface area contributed by atoms with Crippen LogP contribution in [0.5, 0.6) is 0 Å². The Hall–Kier alpha value is -3.07. The number of benzene rings is 1. The van der Waals surface area contributed by atoms with Gasteiger partial charge in [0.05, 0.1) is 0 Å². The highest BCUT2D eigenvalue weighted by atomic mass is 15.0. The topological polar surface area (TPSA) is 38.7 Å². The number of hydrogen-bond donors (Lipinski definition) is 0. The van der Waals surface area contributed by atoms with Gasteiger partial charge in [0.2, 0.25) is 0 Å². The van der Waals surface area contributed by atoms with E-state index in [4.69, 9.17) is 9.97 Å². The summed E-state index contributed by atoms with van der Waals surface area (Å²) in [7, 11) is 0. The van der Waals surface area contributed by atoms with E-state index in [1.165, 1.54) is 0 Å². The molecule has 1 unspecified atom stereocenters. The lowest BCUT2D eigenvalue weighted by atomic mass is 10.00. The second kappa shape index (κ2) is 8.69. The Morgan fingerprint density at radius 2 is 1.88 bits per heavy atom. The van der Waals surface area contributed by atoms with E-state index < -0.39 is 0 Å². The summed E-state index contributed by atoms with van der Waals surface area (Å²) in [5.74, 6) is 2.56. The van der Waals surface area contributed by atoms with Crippen LogP contribution in [0.3, 0.4) is 0 Å². The first-order chi connectivity index (χ1) is 12.4. The molecule has 3 nitrogen and oxygen atoms in total. The monoisotopic (exact) mass is 327 g/mol. The fourth-order valence-electron chi connectivity index (χ4n) is 2.58. The highest BCUT2D eigenvalue weighted by Crippen LogP contribution is 2.24. The van der Waals surface area contributed by atoms with Crippen molar-refractivity contribution in [2.24, 2.45) is 0 Å². The summed E-state index contributed by atoms with van der Waals surface area (Å²) in [6, 6.07) is 10.1. The average Bonchev–Trinajstić information content (AvgIpc) is 2.69. The number of hydrogen-bond acceptors (Lipinski definition) is 3. The molecule has 0 aliphatic heterocycles. The number of rotatable bonds is 6. The van der Waals surface area contributed by atoms with E-state index >= 15 is 0 Å². The lowest BCUT2D eigenvalue weighted by Crippen LogP contribution is -2.09. The molecule has 0 radical (unpaired) electrons. The Balaban J connectivity index is 1.92. The molecule has 0 fully saturated rings. The van der Waals surface area contributed by atoms with Crippen LogP contribution < -0.4 is 0 Å². The molecule has 1 heterocycles. The zero-order chi connectivity index (χ0) is 17.3. The molecular weight excluding hydrogens is 306 g/mol. The van der Waals surface area contributed by atoms with Crippen LogP contribution in [0.2, 0.25) is 0 Å². The average molecular weight is 327 g/mol. The van der Waals surface area contributed by atoms with Crippen LogP contribution in [0, 0.1) is 0 Å². The Bertz CT molecular complexity index is 830. The third-order valence-corrected chi connectivity index (χ3v) is 3.84. The van der Waals surface area contributed by atoms with Gasteiger partial charge >= 0.3 is 0 Å². The molecule has 0 spiro atoms. The summed E-state index contributed by atoms with van der Waals surface area (Å²) < 4.78 is 0. The van der Waals surface area contributed by atoms with Gasteiger partial charge in [0.1, 0.15) is 11.6 Å². The maximum absolute atomic E-state index is 4.73. The van der Waals surface area contributed by atoms with Crippen molar-refractivity contribution in [3.05, 3.63) is 103 Å². The molecule has 1 aromatic carbocycles. The van der Waals surface area contributed by atoms with E-state index in [2.05, 4.69) is 35.9 Å². The SMILES string of the molecule is C=C/C=C\C=C/Cc1nc(-c2ccccc2)nc(C2C=CC=CC2)n1. The van der Waals surface area contributed by atoms with Gasteiger partial charge in [-0.2, -0.15) is 0 Å². The Labute approximate surface area is 148 Å². The summed E-state index contributed by atoms with van der Waals surface area (Å²) in [5.41, 5.74) is 1.01. The predicted octanol–water partition coefficient (Wildman–Crippen LogP) is 4.98. The third kappa shape index (κ3) is 4.70. The lowest BCUT2D eigenvalue weighted by molar-refractivity contribution is 0.743. The fourth-order valence-corrected chi connectivity index (χ4v) is 2.58. The zero-order valence-electron chi connectivity index (χ0n) is 14.1. The molecule has 1 aliphatic rings. The Morgan fingerprint density at radius 1 is 1.00 bits per heavy atom. The van der Waals surface area contributed by atoms with Crippen molar-refractivity contribution >= 4 is 0 Å². The highest BCUT2D eigenvalue weighted by Gasteiger charge is 2.15. The van der Waals surface area contributed by atoms with Crippen molar-refractivity contribution in [3.8, 4) is 11.4 Å². The van der Waals surface area contributed by atoms with E-state index in [9.17, 15) is 0 Å². The van der Waals surface area contributed by atoms with Gasteiger partial charge in [0.25, 0.3) is 0 Å². The van der Waals surface area contributed by atoms with Crippen LogP contribution in [0.1, 0.15) is 24.0 Å². The first-order valence-corrected chi connectivity index (χ1v) is 8.44. The molecule has 3 rings (SSSR count). The molecule has 0 N–H and O–H groups in total. The van der Waals surface area contributed by atoms with Crippen molar-refractivity contribution < 1.29 is 0 Å². The molecule has 124 valence electrons. The fraction of sp³-hybridized carbons (Fsp3) is 0.136. The molecule has 0 saturated heterocycles. The van der Waals surface area contributed by atoms with Gasteiger partial charge in [0.15, 0.2) is 5.82 Å². The van der Waals surface area contributed by atoms with Gasteiger partial charge in [-0.25, -0.2) is 15.0 Å². The van der Waals surface area contributed by atoms with Crippen molar-refractivity contribution in [1.82, 2.24) is 15.0 Å². The Kier molecular flexibility index (Phi) is 5.83. The van der Waals surface area contributed by atoms with E-state index in [-0.39, 0.29) is 5.92 Å². The van der Waals surface area contributed by atoms with Crippen molar-refractivity contribution in [3.63, 3.8) is 0 Å². The summed E-state index contributed by atoms with van der Waals surface area (Å²) >= 11 is 0. The quantitative estimate of drug-likeness (QED) is 0.702. The normalized spacial score (nSPS) is 16.7. The van der Waals surface area contributed by atoms with Gasteiger partial charge in [-0.05, 0) is 6.42 Å². The Morgan fingerprint density at radius 3 is 2.64 bits per heavy atom. The molecule has 2 aromatic rings. The molecule has 1 aliphatic carbocycles. The van der Waals surface area contributed by atoms with Crippen LogP contribution >= 0.6 is 0 Å². The standard InChI is InChI=1S/C22H21N3/c1-2-3-4-5-12-17-20-23-21(18-13-8-6-9-14-18)25-22(24-20)19-15-10-7-11-16-19/h2-15,19H,1,16-17H2/b4-3-,12-5-. The molecule has 1 atom stereocenters. The van der Waals surface area contributed by atoms with Gasteiger partial charge < -0.3 is 0 Å². The number of nitrogens with zero attached hydrogens (tertiary/aromatic N) is 3. The largest absolute Gasteiger partial charge is 0.217 e. The molecule has 0 amide bonds. The minimum atomic E-state index is 0.207. The summed E-state index contributed by atoms with van der Waals surface area (Å²) in [4.78, 5) is 14.1. The summed E-state index contributed by atoms with van der Waals surface area (Å²) in [5, 5.41) is 0. The lowest BCUT2D eigenvalue weighted by Gasteiger charge is -2.13. The van der Waals surface area contributed by atoms with Gasteiger partial charge in [-0.1, -0.05) is 91.6 Å². The minimum Gasteiger partial charge on any atom is -0.217 e. The van der Waals surface area contributed by atoms with E-state index in [1.54, 1.807) is 6.08 Å². The van der Waals surface area contributed by atoms with E-state index in [0.29, 0.717) is 6.42 Å². The highest BCUT2D eigenvalue weighted by molar-refractivity contribution is 5.54. The van der Waals surface area contributed by atoms with Crippen LogP contribution in [0.4, 0.5) is 0 Å². The van der Waals surface area contributed by atoms with Crippen molar-refractivity contribution in [2.45, 2.75) is 18.8 Å². The smallest absolute Gasteiger partial charge is 0.163 e. The maximum atomic E-state index is 4.73. The van der Waals surface area contributed by atoms with Crippen LogP contribution in [-0.4, -0.2) is 15.0 Å². The van der Waals surface area contributed by atoms with E-state index in [0.717, 1.165) is 29.5 Å². The number of allylic oxidation sites excluding steroid dienone is 9. The summed E-state index contributed by atoms with van der Waals surface area (Å²) in [6.45, 7) is 3.66. The first-order valence-electron chi connectivity index (χ1n) is 8.44. The van der Waals surface area contributed by atoms with Gasteiger partial charge in [0, 0.05) is 17.9 Å².